The van der Waals surface area contributed by atoms with Crippen molar-refractivity contribution in [3.05, 3.63) is 63.8 Å². The molecule has 24 heavy (non-hydrogen) atoms. The number of non-ortho nitro benzene ring substituents is 1. The molecule has 1 heterocycles. The summed E-state index contributed by atoms with van der Waals surface area (Å²) in [5, 5.41) is 15.8. The number of nitro benzene ring substituents is 1. The first kappa shape index (κ1) is 17.1. The van der Waals surface area contributed by atoms with E-state index in [0.717, 1.165) is 5.69 Å². The number of nitrogens with one attached hydrogen (secondary N) is 2. The van der Waals surface area contributed by atoms with Gasteiger partial charge in [0, 0.05) is 36.4 Å². The molecule has 2 rings (SSSR count). The van der Waals surface area contributed by atoms with Gasteiger partial charge in [-0.3, -0.25) is 19.7 Å². The Morgan fingerprint density at radius 3 is 2.50 bits per heavy atom. The van der Waals surface area contributed by atoms with E-state index in [1.54, 1.807) is 12.1 Å². The van der Waals surface area contributed by atoms with Crippen LogP contribution in [0.1, 0.15) is 22.5 Å². The van der Waals surface area contributed by atoms with Gasteiger partial charge in [0.15, 0.2) is 0 Å². The third-order valence-electron chi connectivity index (χ3n) is 3.13. The van der Waals surface area contributed by atoms with E-state index in [0.29, 0.717) is 11.4 Å². The van der Waals surface area contributed by atoms with E-state index in [2.05, 4.69) is 15.6 Å². The summed E-state index contributed by atoms with van der Waals surface area (Å²) < 4.78 is 0. The Labute approximate surface area is 138 Å². The largest absolute Gasteiger partial charge is 0.352 e. The summed E-state index contributed by atoms with van der Waals surface area (Å²) in [7, 11) is 0. The topological polar surface area (TPSA) is 114 Å². The van der Waals surface area contributed by atoms with Gasteiger partial charge < -0.3 is 10.6 Å². The van der Waals surface area contributed by atoms with Crippen LogP contribution >= 0.6 is 0 Å². The molecular formula is C16H16N4O4. The minimum atomic E-state index is -0.536. The molecule has 0 aliphatic heterocycles. The minimum absolute atomic E-state index is 0.0865. The number of benzene rings is 1. The van der Waals surface area contributed by atoms with E-state index in [1.165, 1.54) is 24.3 Å². The van der Waals surface area contributed by atoms with Gasteiger partial charge in [-0.15, -0.1) is 0 Å². The van der Waals surface area contributed by atoms with Crippen LogP contribution in [0.4, 0.5) is 11.5 Å². The highest BCUT2D eigenvalue weighted by molar-refractivity contribution is 5.95. The van der Waals surface area contributed by atoms with Gasteiger partial charge in [-0.05, 0) is 31.2 Å². The Kier molecular flexibility index (Phi) is 5.56. The number of carbonyl (C=O) groups excluding carboxylic acids is 2. The third kappa shape index (κ3) is 4.87. The van der Waals surface area contributed by atoms with E-state index < -0.39 is 10.8 Å². The smallest absolute Gasteiger partial charge is 0.269 e. The summed E-state index contributed by atoms with van der Waals surface area (Å²) in [5.74, 6) is -0.204. The number of anilines is 1. The second kappa shape index (κ2) is 7.82. The quantitative estimate of drug-likeness (QED) is 0.622. The molecule has 0 aliphatic carbocycles. The van der Waals surface area contributed by atoms with Crippen LogP contribution in [0, 0.1) is 17.0 Å². The average molecular weight is 328 g/mol. The first-order chi connectivity index (χ1) is 11.5. The molecule has 0 radical (unpaired) electrons. The lowest BCUT2D eigenvalue weighted by atomic mass is 10.2. The highest BCUT2D eigenvalue weighted by atomic mass is 16.6. The van der Waals surface area contributed by atoms with Gasteiger partial charge in [0.05, 0.1) is 4.92 Å². The molecule has 0 aliphatic rings. The zero-order valence-electron chi connectivity index (χ0n) is 13.0. The monoisotopic (exact) mass is 328 g/mol. The molecule has 2 aromatic rings. The molecule has 0 atom stereocenters. The molecule has 0 saturated carbocycles. The van der Waals surface area contributed by atoms with Crippen LogP contribution in [-0.2, 0) is 4.79 Å². The molecule has 1 aromatic carbocycles. The molecular weight excluding hydrogens is 312 g/mol. The maximum atomic E-state index is 11.9. The number of hydrogen-bond acceptors (Lipinski definition) is 5. The van der Waals surface area contributed by atoms with E-state index in [9.17, 15) is 19.7 Å². The van der Waals surface area contributed by atoms with Crippen LogP contribution in [0.2, 0.25) is 0 Å². The van der Waals surface area contributed by atoms with Crippen LogP contribution in [0.25, 0.3) is 0 Å². The summed E-state index contributed by atoms with van der Waals surface area (Å²) in [6, 6.07) is 10.5. The predicted octanol–water partition coefficient (Wildman–Crippen LogP) is 2.06. The van der Waals surface area contributed by atoms with Crippen LogP contribution in [0.3, 0.4) is 0 Å². The van der Waals surface area contributed by atoms with Crippen molar-refractivity contribution in [3.8, 4) is 0 Å². The van der Waals surface area contributed by atoms with Crippen molar-refractivity contribution in [1.29, 1.82) is 0 Å². The van der Waals surface area contributed by atoms with Crippen molar-refractivity contribution >= 4 is 23.3 Å². The lowest BCUT2D eigenvalue weighted by molar-refractivity contribution is -0.384. The molecule has 0 bridgehead atoms. The Morgan fingerprint density at radius 1 is 1.17 bits per heavy atom. The number of amides is 2. The fourth-order valence-corrected chi connectivity index (χ4v) is 1.94. The summed E-state index contributed by atoms with van der Waals surface area (Å²) in [6.07, 6.45) is 0.0916. The second-order valence-electron chi connectivity index (χ2n) is 5.02. The Hall–Kier alpha value is -3.29. The second-order valence-corrected chi connectivity index (χ2v) is 5.02. The first-order valence-corrected chi connectivity index (χ1v) is 7.22. The number of aromatic nitrogens is 1. The first-order valence-electron chi connectivity index (χ1n) is 7.22. The predicted molar refractivity (Wildman–Crippen MR) is 87.7 cm³/mol. The minimum Gasteiger partial charge on any atom is -0.352 e. The van der Waals surface area contributed by atoms with Crippen molar-refractivity contribution in [3.63, 3.8) is 0 Å². The number of hydrogen-bond donors (Lipinski definition) is 2. The zero-order chi connectivity index (χ0) is 17.5. The third-order valence-corrected chi connectivity index (χ3v) is 3.13. The Morgan fingerprint density at radius 2 is 1.88 bits per heavy atom. The van der Waals surface area contributed by atoms with Crippen molar-refractivity contribution in [2.45, 2.75) is 13.3 Å². The van der Waals surface area contributed by atoms with Crippen molar-refractivity contribution < 1.29 is 14.5 Å². The van der Waals surface area contributed by atoms with Crippen LogP contribution in [0.15, 0.2) is 42.5 Å². The number of nitro groups is 1. The molecule has 0 fully saturated rings. The van der Waals surface area contributed by atoms with Gasteiger partial charge in [-0.2, -0.15) is 0 Å². The zero-order valence-corrected chi connectivity index (χ0v) is 13.0. The van der Waals surface area contributed by atoms with Gasteiger partial charge in [0.1, 0.15) is 5.82 Å². The lowest BCUT2D eigenvalue weighted by Gasteiger charge is -2.07. The standard InChI is InChI=1S/C16H16N4O4/c1-11-3-2-4-14(18-11)19-15(21)9-10-17-16(22)12-5-7-13(8-6-12)20(23)24/h2-8H,9-10H2,1H3,(H,17,22)(H,18,19,21). The fraction of sp³-hybridized carbons (Fsp3) is 0.188. The summed E-state index contributed by atoms with van der Waals surface area (Å²) in [4.78, 5) is 37.8. The van der Waals surface area contributed by atoms with Crippen LogP contribution in [-0.4, -0.2) is 28.3 Å². The molecule has 2 amide bonds. The number of carbonyl (C=O) groups is 2. The van der Waals surface area contributed by atoms with Gasteiger partial charge in [0.2, 0.25) is 5.91 Å². The lowest BCUT2D eigenvalue weighted by Crippen LogP contribution is -2.27. The normalized spacial score (nSPS) is 10.0. The number of rotatable bonds is 6. The molecule has 124 valence electrons. The summed E-state index contributed by atoms with van der Waals surface area (Å²) in [6.45, 7) is 1.97. The van der Waals surface area contributed by atoms with Gasteiger partial charge in [-0.25, -0.2) is 4.98 Å². The van der Waals surface area contributed by atoms with Gasteiger partial charge in [-0.1, -0.05) is 6.07 Å². The van der Waals surface area contributed by atoms with Gasteiger partial charge in [0.25, 0.3) is 11.6 Å². The van der Waals surface area contributed by atoms with E-state index in [-0.39, 0.29) is 24.6 Å². The van der Waals surface area contributed by atoms with Crippen molar-refractivity contribution in [2.24, 2.45) is 0 Å². The Balaban J connectivity index is 1.79. The van der Waals surface area contributed by atoms with Crippen molar-refractivity contribution in [1.82, 2.24) is 10.3 Å². The number of aryl methyl sites for hydroxylation is 1. The highest BCUT2D eigenvalue weighted by Gasteiger charge is 2.10. The number of nitrogens with zero attached hydrogens (tertiary/aromatic N) is 2. The van der Waals surface area contributed by atoms with E-state index in [1.807, 2.05) is 13.0 Å². The number of pyridine rings is 1. The molecule has 8 nitrogen and oxygen atoms in total. The molecule has 2 N–H and O–H groups in total. The molecule has 0 unspecified atom stereocenters. The molecule has 1 aromatic heterocycles. The molecule has 8 heteroatoms. The highest BCUT2D eigenvalue weighted by Crippen LogP contribution is 2.11. The molecule has 0 spiro atoms. The molecule has 0 saturated heterocycles. The Bertz CT molecular complexity index is 759. The van der Waals surface area contributed by atoms with Crippen LogP contribution in [0.5, 0.6) is 0 Å². The maximum absolute atomic E-state index is 11.9. The van der Waals surface area contributed by atoms with Crippen molar-refractivity contribution in [2.75, 3.05) is 11.9 Å². The van der Waals surface area contributed by atoms with E-state index >= 15 is 0 Å². The SMILES string of the molecule is Cc1cccc(NC(=O)CCNC(=O)c2ccc([N+](=O)[O-])cc2)n1. The summed E-state index contributed by atoms with van der Waals surface area (Å²) >= 11 is 0. The van der Waals surface area contributed by atoms with Crippen LogP contribution < -0.4 is 10.6 Å². The maximum Gasteiger partial charge on any atom is 0.269 e. The average Bonchev–Trinajstić information content (AvgIpc) is 2.54. The summed E-state index contributed by atoms with van der Waals surface area (Å²) in [5.41, 5.74) is 0.997. The van der Waals surface area contributed by atoms with E-state index in [4.69, 9.17) is 0 Å². The van der Waals surface area contributed by atoms with Gasteiger partial charge >= 0.3 is 0 Å². The fourth-order valence-electron chi connectivity index (χ4n) is 1.94.